The summed E-state index contributed by atoms with van der Waals surface area (Å²) in [5.41, 5.74) is -1.52. The molecule has 15 heteroatoms. The lowest BCUT2D eigenvalue weighted by molar-refractivity contribution is -0.149. The van der Waals surface area contributed by atoms with E-state index in [0.29, 0.717) is 28.8 Å². The van der Waals surface area contributed by atoms with E-state index in [1.165, 1.54) is 24.7 Å². The Balaban J connectivity index is 1.36. The molecule has 1 aliphatic heterocycles. The minimum absolute atomic E-state index is 0.203. The zero-order chi connectivity index (χ0) is 30.2. The first-order chi connectivity index (χ1) is 19.9. The van der Waals surface area contributed by atoms with E-state index in [1.54, 1.807) is 51.1 Å². The van der Waals surface area contributed by atoms with Crippen molar-refractivity contribution < 1.29 is 37.4 Å². The van der Waals surface area contributed by atoms with Gasteiger partial charge >= 0.3 is 13.7 Å². The largest absolute Gasteiger partial charge is 0.462 e. The van der Waals surface area contributed by atoms with E-state index in [1.807, 2.05) is 0 Å². The van der Waals surface area contributed by atoms with Crippen LogP contribution in [0.25, 0.3) is 11.2 Å². The van der Waals surface area contributed by atoms with Gasteiger partial charge in [0.25, 0.3) is 0 Å². The maximum Gasteiger partial charge on any atom is 0.459 e. The number of aryl methyl sites for hydroxylation is 1. The lowest BCUT2D eigenvalue weighted by Crippen LogP contribution is -2.41. The Hall–Kier alpha value is -3.16. The fourth-order valence-corrected chi connectivity index (χ4v) is 6.08. The third-order valence-electron chi connectivity index (χ3n) is 6.86. The summed E-state index contributed by atoms with van der Waals surface area (Å²) in [4.78, 5) is 25.7. The molecule has 3 heterocycles. The highest BCUT2D eigenvalue weighted by molar-refractivity contribution is 7.52. The lowest BCUT2D eigenvalue weighted by Gasteiger charge is -2.25. The molecule has 2 aliphatic rings. The number of carbonyl (C=O) groups excluding carboxylic acids is 1. The minimum Gasteiger partial charge on any atom is -0.462 e. The van der Waals surface area contributed by atoms with Gasteiger partial charge in [-0.05, 0) is 59.6 Å². The summed E-state index contributed by atoms with van der Waals surface area (Å²) in [6, 6.07) is 7.44. The first-order valence-electron chi connectivity index (χ1n) is 13.8. The number of carbonyl (C=O) groups is 1. The number of benzene rings is 1. The molecule has 42 heavy (non-hydrogen) atoms. The predicted molar refractivity (Wildman–Crippen MR) is 151 cm³/mol. The topological polar surface area (TPSA) is 159 Å². The Morgan fingerprint density at radius 1 is 1.26 bits per heavy atom. The van der Waals surface area contributed by atoms with E-state index in [0.717, 1.165) is 12.8 Å². The number of hydrogen-bond donors (Lipinski definition) is 3. The van der Waals surface area contributed by atoms with Crippen molar-refractivity contribution in [3.63, 3.8) is 0 Å². The fourth-order valence-electron chi connectivity index (χ4n) is 4.58. The van der Waals surface area contributed by atoms with Crippen LogP contribution in [0.5, 0.6) is 5.75 Å². The van der Waals surface area contributed by atoms with Crippen molar-refractivity contribution in [2.24, 2.45) is 0 Å². The number of nitrogens with zero attached hydrogens (tertiary/aromatic N) is 4. The van der Waals surface area contributed by atoms with Gasteiger partial charge in [-0.25, -0.2) is 23.9 Å². The minimum atomic E-state index is -4.27. The molecule has 1 aliphatic carbocycles. The zero-order valence-corrected chi connectivity index (χ0v) is 25.0. The second-order valence-corrected chi connectivity index (χ2v) is 12.7. The van der Waals surface area contributed by atoms with Crippen LogP contribution in [-0.4, -0.2) is 73.3 Å². The van der Waals surface area contributed by atoms with Gasteiger partial charge in [0, 0.05) is 6.04 Å². The molecule has 6 atom stereocenters. The van der Waals surface area contributed by atoms with Crippen molar-refractivity contribution in [3.8, 4) is 5.75 Å². The molecule has 5 rings (SSSR count). The smallest absolute Gasteiger partial charge is 0.459 e. The molecule has 1 saturated carbocycles. The van der Waals surface area contributed by atoms with Gasteiger partial charge in [-0.3, -0.25) is 13.9 Å². The van der Waals surface area contributed by atoms with E-state index >= 15 is 4.39 Å². The molecule has 2 aromatic heterocycles. The molecule has 13 nitrogen and oxygen atoms in total. The van der Waals surface area contributed by atoms with E-state index in [9.17, 15) is 14.5 Å². The molecule has 0 bridgehead atoms. The lowest BCUT2D eigenvalue weighted by atomic mass is 9.98. The first-order valence-corrected chi connectivity index (χ1v) is 15.4. The van der Waals surface area contributed by atoms with E-state index < -0.39 is 56.6 Å². The van der Waals surface area contributed by atoms with Crippen molar-refractivity contribution in [3.05, 3.63) is 42.5 Å². The molecule has 0 amide bonds. The molecule has 3 N–H and O–H groups in total. The van der Waals surface area contributed by atoms with Crippen LogP contribution in [0.1, 0.15) is 52.6 Å². The summed E-state index contributed by atoms with van der Waals surface area (Å²) in [6.45, 7) is 7.21. The molecule has 0 radical (unpaired) electrons. The van der Waals surface area contributed by atoms with E-state index in [2.05, 4.69) is 25.4 Å². The molecule has 1 unspecified atom stereocenters. The highest BCUT2D eigenvalue weighted by Gasteiger charge is 2.56. The van der Waals surface area contributed by atoms with Crippen LogP contribution in [0.2, 0.25) is 0 Å². The number of aliphatic hydroxyl groups excluding tert-OH is 1. The van der Waals surface area contributed by atoms with Crippen LogP contribution in [0.4, 0.5) is 10.2 Å². The molecule has 1 aromatic carbocycles. The summed E-state index contributed by atoms with van der Waals surface area (Å²) >= 11 is 0. The van der Waals surface area contributed by atoms with Crippen molar-refractivity contribution in [2.75, 3.05) is 11.9 Å². The van der Waals surface area contributed by atoms with Crippen molar-refractivity contribution in [1.82, 2.24) is 24.6 Å². The second kappa shape index (κ2) is 11.8. The SMILES string of the molecule is Cc1nc(NC2CC2)c2ncn([C@@H]3O[C@H](COP(=O)(N[C@@H](C)C(=O)OC(C)C)Oc4ccccc4)[C@@H](O)[C@@]3(C)F)c2n1. The van der Waals surface area contributed by atoms with Gasteiger partial charge in [-0.2, -0.15) is 5.09 Å². The van der Waals surface area contributed by atoms with Gasteiger partial charge in [-0.15, -0.1) is 0 Å². The van der Waals surface area contributed by atoms with Crippen LogP contribution < -0.4 is 14.9 Å². The number of halogens is 1. The maximum atomic E-state index is 16.1. The number of rotatable bonds is 12. The standard InChI is InChI=1S/C27H36FN6O7P/c1-15(2)39-25(36)16(3)33-42(37,41-19-9-7-6-8-10-19)38-13-20-22(35)27(5,28)26(40-20)34-14-29-21-23(32-18-11-12-18)30-17(4)31-24(21)34/h6-10,14-16,18,20,22,26,35H,11-13H2,1-5H3,(H,33,37)(H,30,31,32)/t16-,20+,22+,26+,27+,42?/m0/s1. The maximum absolute atomic E-state index is 16.1. The molecule has 1 saturated heterocycles. The number of para-hydroxylation sites is 1. The zero-order valence-electron chi connectivity index (χ0n) is 24.1. The van der Waals surface area contributed by atoms with Gasteiger partial charge in [0.1, 0.15) is 29.8 Å². The van der Waals surface area contributed by atoms with Gasteiger partial charge in [0.2, 0.25) is 0 Å². The molecule has 3 aromatic rings. The van der Waals surface area contributed by atoms with Crippen LogP contribution in [0.3, 0.4) is 0 Å². The number of ether oxygens (including phenoxy) is 2. The number of aliphatic hydroxyl groups is 1. The van der Waals surface area contributed by atoms with Crippen molar-refractivity contribution >= 4 is 30.7 Å². The highest BCUT2D eigenvalue weighted by atomic mass is 31.2. The van der Waals surface area contributed by atoms with Crippen LogP contribution in [-0.2, 0) is 23.4 Å². The normalized spacial score (nSPS) is 26.2. The molecule has 0 spiro atoms. The molecular formula is C27H36FN6O7P. The van der Waals surface area contributed by atoms with Crippen molar-refractivity contribution in [1.29, 1.82) is 0 Å². The summed E-state index contributed by atoms with van der Waals surface area (Å²) in [5.74, 6) is 0.544. The number of esters is 1. The predicted octanol–water partition coefficient (Wildman–Crippen LogP) is 3.83. The summed E-state index contributed by atoms with van der Waals surface area (Å²) in [6.07, 6.45) is -1.23. The highest BCUT2D eigenvalue weighted by Crippen LogP contribution is 2.48. The number of aromatic nitrogens is 4. The van der Waals surface area contributed by atoms with Gasteiger partial charge in [0.05, 0.1) is 19.0 Å². The summed E-state index contributed by atoms with van der Waals surface area (Å²) in [5, 5.41) is 16.9. The van der Waals surface area contributed by atoms with Crippen LogP contribution >= 0.6 is 7.75 Å². The Bertz CT molecular complexity index is 1470. The van der Waals surface area contributed by atoms with Crippen LogP contribution in [0.15, 0.2) is 36.7 Å². The Labute approximate surface area is 242 Å². The number of anilines is 1. The second-order valence-electron chi connectivity index (χ2n) is 11.0. The Morgan fingerprint density at radius 3 is 2.64 bits per heavy atom. The number of fused-ring (bicyclic) bond motifs is 1. The third kappa shape index (κ3) is 6.57. The number of imidazole rings is 1. The fraction of sp³-hybridized carbons (Fsp3) is 0.556. The van der Waals surface area contributed by atoms with Gasteiger partial charge < -0.3 is 24.4 Å². The monoisotopic (exact) mass is 606 g/mol. The Kier molecular flexibility index (Phi) is 8.55. The van der Waals surface area contributed by atoms with Gasteiger partial charge in [0.15, 0.2) is 28.9 Å². The molecular weight excluding hydrogens is 570 g/mol. The van der Waals surface area contributed by atoms with E-state index in [-0.39, 0.29) is 5.75 Å². The Morgan fingerprint density at radius 2 is 1.98 bits per heavy atom. The summed E-state index contributed by atoms with van der Waals surface area (Å²) in [7, 11) is -4.27. The average molecular weight is 607 g/mol. The molecule has 2 fully saturated rings. The first kappa shape index (κ1) is 30.3. The third-order valence-corrected chi connectivity index (χ3v) is 8.50. The molecule has 228 valence electrons. The average Bonchev–Trinajstić information content (AvgIpc) is 3.59. The van der Waals surface area contributed by atoms with Crippen LogP contribution in [0, 0.1) is 6.92 Å². The van der Waals surface area contributed by atoms with Gasteiger partial charge in [-0.1, -0.05) is 18.2 Å². The number of nitrogens with one attached hydrogen (secondary N) is 2. The number of hydrogen-bond acceptors (Lipinski definition) is 11. The van der Waals surface area contributed by atoms with Crippen molar-refractivity contribution in [2.45, 2.75) is 89.8 Å². The number of alkyl halides is 1. The quantitative estimate of drug-likeness (QED) is 0.202. The van der Waals surface area contributed by atoms with E-state index in [4.69, 9.17) is 18.5 Å². The summed E-state index contributed by atoms with van der Waals surface area (Å²) < 4.78 is 53.8.